The van der Waals surface area contributed by atoms with Crippen molar-refractivity contribution in [3.05, 3.63) is 144 Å². The molecule has 10 nitrogen and oxygen atoms in total. The summed E-state index contributed by atoms with van der Waals surface area (Å²) in [6.07, 6.45) is 26.0. The lowest BCUT2D eigenvalue weighted by Crippen LogP contribution is -2.20. The first-order valence-electron chi connectivity index (χ1n) is 22.5. The molecule has 0 radical (unpaired) electrons. The highest BCUT2D eigenvalue weighted by Gasteiger charge is 2.29. The third-order valence-electron chi connectivity index (χ3n) is 12.3. The quantitative estimate of drug-likeness (QED) is 0.0646. The molecule has 5 heterocycles. The Morgan fingerprint density at radius 2 is 1.23 bits per heavy atom. The van der Waals surface area contributed by atoms with E-state index in [0.29, 0.717) is 63.6 Å². The molecule has 64 heavy (non-hydrogen) atoms. The number of carboxylic acids is 2. The van der Waals surface area contributed by atoms with Crippen LogP contribution >= 0.6 is 0 Å². The number of H-pyrrole nitrogens is 1. The van der Waals surface area contributed by atoms with Gasteiger partial charge in [0.05, 0.1) is 46.6 Å². The summed E-state index contributed by atoms with van der Waals surface area (Å²) in [6, 6.07) is 0. The fourth-order valence-corrected chi connectivity index (χ4v) is 8.45. The minimum absolute atomic E-state index is 0.0983. The number of hydrogen-bond donors (Lipinski definition) is 5. The van der Waals surface area contributed by atoms with Gasteiger partial charge in [0.15, 0.2) is 0 Å². The molecule has 10 heteroatoms. The lowest BCUT2D eigenvalue weighted by molar-refractivity contribution is -0.137. The number of hydrogen-bond acceptors (Lipinski definition) is 7. The van der Waals surface area contributed by atoms with Crippen molar-refractivity contribution < 1.29 is 30.0 Å². The Bertz CT molecular complexity index is 2610. The standard InChI is InChI=1S/C54H66N4O6/c1-10-39-36(7)44-28-50-54(51(60)22-14-21-35(6)20-13-19-34(5)18-12-17-33(4)16-11-15-32(2)3)38(9)45(57-50)27-43-37(8)40(23-25-52(61)62)47(56-43)30-48-41(24-26-53(63)64)42(31-59)49(58-48)29-46(39)55-44/h10,15,17,19,21,27-31,51,55,59-60H,1,11-14,16,18,20,22-26H2,2-9H3,(H,61,62)(H,63,64)/b33-17?,34-19?,35-21?,42-31-,44-28?,45-27?,46-29?,47-30?. The number of aliphatic carboxylic acids is 2. The van der Waals surface area contributed by atoms with Crippen molar-refractivity contribution in [2.45, 2.75) is 139 Å². The number of rotatable bonds is 20. The lowest BCUT2D eigenvalue weighted by atomic mass is 9.94. The summed E-state index contributed by atoms with van der Waals surface area (Å²) in [7, 11) is 0. The minimum atomic E-state index is -0.993. The molecule has 0 saturated heterocycles. The third-order valence-corrected chi connectivity index (χ3v) is 12.3. The van der Waals surface area contributed by atoms with Crippen molar-refractivity contribution in [1.29, 1.82) is 0 Å². The summed E-state index contributed by atoms with van der Waals surface area (Å²) in [6.45, 7) is 20.8. The third kappa shape index (κ3) is 12.5. The van der Waals surface area contributed by atoms with Gasteiger partial charge in [-0.1, -0.05) is 59.3 Å². The summed E-state index contributed by atoms with van der Waals surface area (Å²) < 4.78 is 0. The average Bonchev–Trinajstić information content (AvgIpc) is 3.91. The van der Waals surface area contributed by atoms with Crippen molar-refractivity contribution in [2.24, 2.45) is 15.0 Å². The van der Waals surface area contributed by atoms with Gasteiger partial charge in [0, 0.05) is 40.2 Å². The molecular formula is C54H66N4O6. The number of aliphatic hydroxyl groups excluding tert-OH is 2. The van der Waals surface area contributed by atoms with Gasteiger partial charge in [-0.15, -0.1) is 0 Å². The smallest absolute Gasteiger partial charge is 0.303 e. The fourth-order valence-electron chi connectivity index (χ4n) is 8.45. The van der Waals surface area contributed by atoms with Crippen LogP contribution in [0.5, 0.6) is 0 Å². The second kappa shape index (κ2) is 22.5. The SMILES string of the molecule is C=Cc1c(C)c2[nH]c1=CC1=NC(=C(CCC(=O)O)/C1=C/O)C=C1N=C(C=C3N=C(C=2)C(C(O)CCC=C(C)CCC=C(C)CCC=C(C)CCC=C(C)C)=C3C)C(C)=C1CCC(=O)O. The van der Waals surface area contributed by atoms with Crippen LogP contribution in [0.2, 0.25) is 0 Å². The Labute approximate surface area is 378 Å². The zero-order valence-electron chi connectivity index (χ0n) is 39.0. The van der Waals surface area contributed by atoms with Crippen LogP contribution in [0.15, 0.2) is 137 Å². The van der Waals surface area contributed by atoms with Gasteiger partial charge in [0.2, 0.25) is 0 Å². The molecule has 5 N–H and O–H groups in total. The summed E-state index contributed by atoms with van der Waals surface area (Å²) in [5.41, 5.74) is 14.4. The maximum Gasteiger partial charge on any atom is 0.303 e. The minimum Gasteiger partial charge on any atom is -0.515 e. The Kier molecular flexibility index (Phi) is 17.2. The molecule has 0 amide bonds. The molecule has 1 unspecified atom stereocenters. The molecule has 1 aromatic heterocycles. The second-order valence-corrected chi connectivity index (χ2v) is 17.5. The highest BCUT2D eigenvalue weighted by Crippen LogP contribution is 2.37. The van der Waals surface area contributed by atoms with Gasteiger partial charge < -0.3 is 25.4 Å². The van der Waals surface area contributed by atoms with Crippen molar-refractivity contribution in [1.82, 2.24) is 4.98 Å². The molecule has 1 aromatic rings. The fraction of sp³-hybridized carbons (Fsp3) is 0.389. The zero-order chi connectivity index (χ0) is 46.7. The largest absolute Gasteiger partial charge is 0.515 e. The molecule has 4 aliphatic rings. The van der Waals surface area contributed by atoms with E-state index >= 15 is 0 Å². The van der Waals surface area contributed by atoms with Crippen LogP contribution in [-0.4, -0.2) is 60.6 Å². The highest BCUT2D eigenvalue weighted by atomic mass is 16.4. The number of aromatic amines is 1. The number of aliphatic imine (C=N–C) groups is 3. The molecule has 4 aliphatic heterocycles. The molecule has 0 aliphatic carbocycles. The van der Waals surface area contributed by atoms with E-state index in [1.165, 1.54) is 22.3 Å². The maximum absolute atomic E-state index is 11.9. The number of fused-ring (bicyclic) bond motifs is 5. The van der Waals surface area contributed by atoms with Gasteiger partial charge in [-0.05, 0) is 172 Å². The van der Waals surface area contributed by atoms with Crippen LogP contribution < -0.4 is 10.7 Å². The van der Waals surface area contributed by atoms with E-state index in [1.807, 2.05) is 32.9 Å². The van der Waals surface area contributed by atoms with Gasteiger partial charge >= 0.3 is 11.9 Å². The predicted octanol–water partition coefficient (Wildman–Crippen LogP) is 11.0. The van der Waals surface area contributed by atoms with E-state index < -0.39 is 18.0 Å². The maximum atomic E-state index is 11.9. The molecule has 1 atom stereocenters. The van der Waals surface area contributed by atoms with E-state index in [2.05, 4.69) is 70.5 Å². The summed E-state index contributed by atoms with van der Waals surface area (Å²) in [5.74, 6) is -1.94. The predicted molar refractivity (Wildman–Crippen MR) is 263 cm³/mol. The monoisotopic (exact) mass is 866 g/mol. The lowest BCUT2D eigenvalue weighted by Gasteiger charge is -2.13. The van der Waals surface area contributed by atoms with Crippen molar-refractivity contribution in [3.63, 3.8) is 0 Å². The zero-order valence-corrected chi connectivity index (χ0v) is 39.0. The van der Waals surface area contributed by atoms with E-state index in [-0.39, 0.29) is 25.7 Å². The van der Waals surface area contributed by atoms with Crippen LogP contribution in [0.3, 0.4) is 0 Å². The summed E-state index contributed by atoms with van der Waals surface area (Å²) in [4.78, 5) is 42.0. The molecule has 0 saturated carbocycles. The average molecular weight is 867 g/mol. The Balaban J connectivity index is 1.47. The molecule has 0 aromatic carbocycles. The topological polar surface area (TPSA) is 168 Å². The molecular weight excluding hydrogens is 801 g/mol. The Morgan fingerprint density at radius 3 is 1.81 bits per heavy atom. The number of aliphatic hydroxyl groups is 2. The van der Waals surface area contributed by atoms with Crippen molar-refractivity contribution in [3.8, 4) is 0 Å². The second-order valence-electron chi connectivity index (χ2n) is 17.5. The van der Waals surface area contributed by atoms with Crippen LogP contribution in [0.1, 0.15) is 137 Å². The number of allylic oxidation sites excluding steroid dienone is 15. The van der Waals surface area contributed by atoms with Crippen molar-refractivity contribution in [2.75, 3.05) is 0 Å². The number of aromatic nitrogens is 1. The molecule has 5 rings (SSSR count). The first-order chi connectivity index (χ1) is 30.5. The van der Waals surface area contributed by atoms with Crippen LogP contribution in [0.25, 0.3) is 18.2 Å². The highest BCUT2D eigenvalue weighted by molar-refractivity contribution is 6.26. The first-order valence-corrected chi connectivity index (χ1v) is 22.5. The number of nitrogens with one attached hydrogen (secondary N) is 1. The number of carbonyl (C=O) groups is 2. The van der Waals surface area contributed by atoms with E-state index in [1.54, 1.807) is 18.2 Å². The van der Waals surface area contributed by atoms with Gasteiger partial charge in [0.1, 0.15) is 0 Å². The van der Waals surface area contributed by atoms with E-state index in [4.69, 9.17) is 15.0 Å². The molecule has 0 spiro atoms. The summed E-state index contributed by atoms with van der Waals surface area (Å²) in [5, 5.41) is 43.2. The molecule has 338 valence electrons. The first kappa shape index (κ1) is 48.9. The van der Waals surface area contributed by atoms with Crippen LogP contribution in [-0.2, 0) is 9.59 Å². The van der Waals surface area contributed by atoms with Gasteiger partial charge in [-0.2, -0.15) is 0 Å². The molecule has 0 fully saturated rings. The Hall–Kier alpha value is -6.13. The number of nitrogens with zero attached hydrogens (tertiary/aromatic N) is 3. The van der Waals surface area contributed by atoms with Crippen molar-refractivity contribution >= 4 is 47.3 Å². The Morgan fingerprint density at radius 1 is 0.672 bits per heavy atom. The normalized spacial score (nSPS) is 17.8. The van der Waals surface area contributed by atoms with Crippen LogP contribution in [0, 0.1) is 6.92 Å². The molecule has 8 bridgehead atoms. The van der Waals surface area contributed by atoms with Gasteiger partial charge in [-0.25, -0.2) is 15.0 Å². The number of carboxylic acid groups (broad SMARTS) is 2. The summed E-state index contributed by atoms with van der Waals surface area (Å²) >= 11 is 0. The van der Waals surface area contributed by atoms with E-state index in [0.717, 1.165) is 83.6 Å². The van der Waals surface area contributed by atoms with Gasteiger partial charge in [0.25, 0.3) is 0 Å². The van der Waals surface area contributed by atoms with Crippen LogP contribution in [0.4, 0.5) is 0 Å². The van der Waals surface area contributed by atoms with E-state index in [9.17, 15) is 30.0 Å². The van der Waals surface area contributed by atoms with Gasteiger partial charge in [-0.3, -0.25) is 9.59 Å².